The van der Waals surface area contributed by atoms with Gasteiger partial charge in [-0.2, -0.15) is 0 Å². The third-order valence-corrected chi connectivity index (χ3v) is 2.95. The van der Waals surface area contributed by atoms with Crippen LogP contribution in [-0.2, 0) is 0 Å². The molecule has 0 spiro atoms. The van der Waals surface area contributed by atoms with Crippen LogP contribution in [0.15, 0.2) is 41.2 Å². The van der Waals surface area contributed by atoms with E-state index in [9.17, 15) is 0 Å². The molecule has 0 aliphatic rings. The molecule has 4 heteroatoms. The highest BCUT2D eigenvalue weighted by Gasteiger charge is 2.10. The van der Waals surface area contributed by atoms with E-state index in [1.165, 1.54) is 0 Å². The molecule has 0 radical (unpaired) electrons. The van der Waals surface area contributed by atoms with Gasteiger partial charge >= 0.3 is 0 Å². The molecular formula is C15H16N4. The molecule has 0 aromatic carbocycles. The van der Waals surface area contributed by atoms with Crippen LogP contribution in [-0.4, -0.2) is 22.4 Å². The van der Waals surface area contributed by atoms with Gasteiger partial charge in [-0.15, -0.1) is 0 Å². The van der Waals surface area contributed by atoms with Gasteiger partial charge in [0.2, 0.25) is 0 Å². The maximum absolute atomic E-state index is 4.61. The largest absolute Gasteiger partial charge is 0.345 e. The van der Waals surface area contributed by atoms with E-state index in [1.54, 1.807) is 18.5 Å². The van der Waals surface area contributed by atoms with Crippen molar-refractivity contribution in [2.45, 2.75) is 13.8 Å². The number of aromatic amines is 1. The van der Waals surface area contributed by atoms with Crippen molar-refractivity contribution in [2.24, 2.45) is 9.98 Å². The zero-order valence-corrected chi connectivity index (χ0v) is 11.1. The van der Waals surface area contributed by atoms with Crippen LogP contribution in [0.5, 0.6) is 0 Å². The van der Waals surface area contributed by atoms with Gasteiger partial charge < -0.3 is 4.98 Å². The van der Waals surface area contributed by atoms with Crippen LogP contribution < -0.4 is 0 Å². The Morgan fingerprint density at radius 3 is 2.89 bits per heavy atom. The van der Waals surface area contributed by atoms with Crippen molar-refractivity contribution >= 4 is 30.0 Å². The van der Waals surface area contributed by atoms with Crippen molar-refractivity contribution in [3.8, 4) is 0 Å². The summed E-state index contributed by atoms with van der Waals surface area (Å²) in [7, 11) is 0. The standard InChI is InChI=1S/C15H16N4/c1-5-12-13(8-18-15(12)16-4)11(3)19-14-9-17-7-6-10(14)2/h5-9,18H,1,4H2,2-3H3. The Kier molecular flexibility index (Phi) is 3.71. The Morgan fingerprint density at radius 1 is 1.47 bits per heavy atom. The lowest BCUT2D eigenvalue weighted by molar-refractivity contribution is 1.26. The van der Waals surface area contributed by atoms with Gasteiger partial charge in [0.05, 0.1) is 11.9 Å². The molecule has 2 aromatic heterocycles. The summed E-state index contributed by atoms with van der Waals surface area (Å²) in [6.45, 7) is 11.3. The van der Waals surface area contributed by atoms with Gasteiger partial charge in [-0.25, -0.2) is 4.99 Å². The summed E-state index contributed by atoms with van der Waals surface area (Å²) in [5, 5.41) is 0. The zero-order chi connectivity index (χ0) is 13.8. The summed E-state index contributed by atoms with van der Waals surface area (Å²) in [4.78, 5) is 15.7. The number of rotatable bonds is 4. The number of hydrogen-bond donors (Lipinski definition) is 1. The Morgan fingerprint density at radius 2 is 2.26 bits per heavy atom. The van der Waals surface area contributed by atoms with E-state index in [2.05, 4.69) is 33.2 Å². The molecule has 0 unspecified atom stereocenters. The van der Waals surface area contributed by atoms with E-state index >= 15 is 0 Å². The quantitative estimate of drug-likeness (QED) is 0.826. The van der Waals surface area contributed by atoms with Crippen LogP contribution in [0.2, 0.25) is 0 Å². The number of hydrogen-bond acceptors (Lipinski definition) is 3. The zero-order valence-electron chi connectivity index (χ0n) is 11.1. The average Bonchev–Trinajstić information content (AvgIpc) is 2.84. The van der Waals surface area contributed by atoms with Crippen molar-refractivity contribution < 1.29 is 0 Å². The smallest absolute Gasteiger partial charge is 0.137 e. The average molecular weight is 252 g/mol. The summed E-state index contributed by atoms with van der Waals surface area (Å²) < 4.78 is 0. The molecule has 0 amide bonds. The van der Waals surface area contributed by atoms with Crippen molar-refractivity contribution in [3.05, 3.63) is 47.9 Å². The Balaban J connectivity index is 2.47. The molecule has 19 heavy (non-hydrogen) atoms. The Bertz CT molecular complexity index is 650. The maximum atomic E-state index is 4.61. The number of H-pyrrole nitrogens is 1. The minimum atomic E-state index is 0.711. The van der Waals surface area contributed by atoms with E-state index in [1.807, 2.05) is 26.1 Å². The maximum Gasteiger partial charge on any atom is 0.137 e. The second-order valence-corrected chi connectivity index (χ2v) is 4.19. The third kappa shape index (κ3) is 2.52. The predicted octanol–water partition coefficient (Wildman–Crippen LogP) is 3.83. The summed E-state index contributed by atoms with van der Waals surface area (Å²) in [5.41, 5.74) is 4.73. The minimum absolute atomic E-state index is 0.711. The van der Waals surface area contributed by atoms with Gasteiger partial charge in [0.1, 0.15) is 5.82 Å². The lowest BCUT2D eigenvalue weighted by Gasteiger charge is -2.03. The van der Waals surface area contributed by atoms with E-state index in [-0.39, 0.29) is 0 Å². The van der Waals surface area contributed by atoms with Crippen LogP contribution in [0, 0.1) is 6.92 Å². The second kappa shape index (κ2) is 5.44. The van der Waals surface area contributed by atoms with Crippen molar-refractivity contribution in [1.29, 1.82) is 0 Å². The van der Waals surface area contributed by atoms with E-state index in [4.69, 9.17) is 0 Å². The Labute approximate surface area is 112 Å². The van der Waals surface area contributed by atoms with Gasteiger partial charge in [-0.05, 0) is 32.2 Å². The summed E-state index contributed by atoms with van der Waals surface area (Å²) >= 11 is 0. The highest BCUT2D eigenvalue weighted by Crippen LogP contribution is 2.25. The Hall–Kier alpha value is -2.49. The SMILES string of the molecule is C=Cc1c(C(C)=Nc2cnccc2C)c[nH]c1N=C. The lowest BCUT2D eigenvalue weighted by atomic mass is 10.1. The fraction of sp³-hybridized carbons (Fsp3) is 0.133. The van der Waals surface area contributed by atoms with Crippen LogP contribution in [0.25, 0.3) is 6.08 Å². The topological polar surface area (TPSA) is 53.4 Å². The number of nitrogens with zero attached hydrogens (tertiary/aromatic N) is 3. The molecule has 0 fully saturated rings. The molecule has 0 saturated carbocycles. The van der Waals surface area contributed by atoms with Crippen LogP contribution in [0.1, 0.15) is 23.6 Å². The number of aryl methyl sites for hydroxylation is 1. The van der Waals surface area contributed by atoms with Crippen molar-refractivity contribution in [3.63, 3.8) is 0 Å². The summed E-state index contributed by atoms with van der Waals surface area (Å²) in [5.74, 6) is 0.711. The molecule has 4 nitrogen and oxygen atoms in total. The van der Waals surface area contributed by atoms with Crippen LogP contribution in [0.4, 0.5) is 11.5 Å². The molecule has 0 bridgehead atoms. The molecule has 0 aliphatic heterocycles. The predicted molar refractivity (Wildman–Crippen MR) is 80.9 cm³/mol. The van der Waals surface area contributed by atoms with Gasteiger partial charge in [0.25, 0.3) is 0 Å². The third-order valence-electron chi connectivity index (χ3n) is 2.95. The molecule has 0 aliphatic carbocycles. The molecule has 96 valence electrons. The molecule has 2 rings (SSSR count). The van der Waals surface area contributed by atoms with Gasteiger partial charge in [-0.3, -0.25) is 9.98 Å². The monoisotopic (exact) mass is 252 g/mol. The van der Waals surface area contributed by atoms with Gasteiger partial charge in [0, 0.05) is 29.2 Å². The highest BCUT2D eigenvalue weighted by molar-refractivity contribution is 6.04. The van der Waals surface area contributed by atoms with E-state index < -0.39 is 0 Å². The number of aromatic nitrogens is 2. The van der Waals surface area contributed by atoms with Crippen LogP contribution in [0.3, 0.4) is 0 Å². The molecular weight excluding hydrogens is 236 g/mol. The lowest BCUT2D eigenvalue weighted by Crippen LogP contribution is -1.94. The molecule has 2 aromatic rings. The number of aliphatic imine (C=N–C) groups is 2. The van der Waals surface area contributed by atoms with Gasteiger partial charge in [0.15, 0.2) is 0 Å². The molecule has 0 atom stereocenters. The summed E-state index contributed by atoms with van der Waals surface area (Å²) in [6, 6.07) is 1.94. The van der Waals surface area contributed by atoms with E-state index in [0.717, 1.165) is 28.1 Å². The van der Waals surface area contributed by atoms with E-state index in [0.29, 0.717) is 5.82 Å². The first kappa shape index (κ1) is 13.0. The van der Waals surface area contributed by atoms with Gasteiger partial charge in [-0.1, -0.05) is 12.7 Å². The molecule has 0 saturated heterocycles. The first-order chi connectivity index (χ1) is 9.17. The first-order valence-electron chi connectivity index (χ1n) is 5.94. The summed E-state index contributed by atoms with van der Waals surface area (Å²) in [6.07, 6.45) is 7.14. The second-order valence-electron chi connectivity index (χ2n) is 4.19. The minimum Gasteiger partial charge on any atom is -0.345 e. The fourth-order valence-corrected chi connectivity index (χ4v) is 1.87. The van der Waals surface area contributed by atoms with Crippen molar-refractivity contribution in [2.75, 3.05) is 0 Å². The van der Waals surface area contributed by atoms with Crippen molar-refractivity contribution in [1.82, 2.24) is 9.97 Å². The highest BCUT2D eigenvalue weighted by atomic mass is 14.9. The number of pyridine rings is 1. The fourth-order valence-electron chi connectivity index (χ4n) is 1.87. The normalized spacial score (nSPS) is 11.4. The number of nitrogens with one attached hydrogen (secondary N) is 1. The van der Waals surface area contributed by atoms with Crippen LogP contribution >= 0.6 is 0 Å². The molecule has 1 N–H and O–H groups in total. The first-order valence-corrected chi connectivity index (χ1v) is 5.94. The molecule has 2 heterocycles.